The molecule has 0 saturated carbocycles. The molecular weight excluding hydrogens is 480 g/mol. The Labute approximate surface area is 200 Å². The fraction of sp³-hybridized carbons (Fsp3) is 0.0833. The second kappa shape index (κ2) is 8.97. The van der Waals surface area contributed by atoms with Crippen LogP contribution in [-0.4, -0.2) is 33.4 Å². The average Bonchev–Trinajstić information content (AvgIpc) is 3.23. The lowest BCUT2D eigenvalue weighted by molar-refractivity contribution is 0.103. The fourth-order valence-electron chi connectivity index (χ4n) is 3.27. The van der Waals surface area contributed by atoms with Crippen LogP contribution in [0.5, 0.6) is 0 Å². The molecule has 33 heavy (non-hydrogen) atoms. The molecule has 0 aliphatic carbocycles. The predicted octanol–water partition coefficient (Wildman–Crippen LogP) is 5.43. The van der Waals surface area contributed by atoms with Crippen molar-refractivity contribution in [3.05, 3.63) is 93.8 Å². The van der Waals surface area contributed by atoms with Crippen LogP contribution < -0.4 is 9.62 Å². The van der Waals surface area contributed by atoms with E-state index in [1.807, 2.05) is 6.07 Å². The molecule has 1 amide bonds. The van der Waals surface area contributed by atoms with Gasteiger partial charge in [0.25, 0.3) is 5.91 Å². The topological polar surface area (TPSA) is 83.6 Å². The number of anilines is 2. The highest BCUT2D eigenvalue weighted by Gasteiger charge is 2.19. The largest absolute Gasteiger partial charge is 0.321 e. The van der Waals surface area contributed by atoms with E-state index in [-0.39, 0.29) is 11.7 Å². The highest BCUT2D eigenvalue weighted by Crippen LogP contribution is 2.31. The first-order chi connectivity index (χ1) is 15.6. The van der Waals surface area contributed by atoms with Gasteiger partial charge in [-0.2, -0.15) is 0 Å². The SMILES string of the molecule is CN(c1ccc2sc(C(=O)Nc3ccc(Cl)cc3C(=O)c3ccccc3)cc2c1)S(C)(=O)=O. The molecule has 0 aliphatic heterocycles. The van der Waals surface area contributed by atoms with E-state index in [4.69, 9.17) is 11.6 Å². The Morgan fingerprint density at radius 2 is 1.70 bits per heavy atom. The standard InChI is InChI=1S/C24H19ClN2O4S2/c1-27(33(2,30)31)18-9-11-21-16(12-18)13-22(32-21)24(29)26-20-10-8-17(25)14-19(20)23(28)15-6-4-3-5-7-15/h3-14H,1-2H3,(H,26,29). The lowest BCUT2D eigenvalue weighted by atomic mass is 10.0. The smallest absolute Gasteiger partial charge is 0.265 e. The van der Waals surface area contributed by atoms with Crippen LogP contribution in [0.2, 0.25) is 5.02 Å². The molecule has 0 unspecified atom stereocenters. The minimum Gasteiger partial charge on any atom is -0.321 e. The van der Waals surface area contributed by atoms with Crippen molar-refractivity contribution in [2.75, 3.05) is 22.9 Å². The Morgan fingerprint density at radius 1 is 0.970 bits per heavy atom. The minimum atomic E-state index is -3.40. The summed E-state index contributed by atoms with van der Waals surface area (Å²) in [4.78, 5) is 26.4. The zero-order valence-corrected chi connectivity index (χ0v) is 20.1. The van der Waals surface area contributed by atoms with Crippen LogP contribution in [0.1, 0.15) is 25.6 Å². The number of benzene rings is 3. The van der Waals surface area contributed by atoms with Crippen molar-refractivity contribution in [3.63, 3.8) is 0 Å². The Balaban J connectivity index is 1.64. The number of nitrogens with zero attached hydrogens (tertiary/aromatic N) is 1. The number of sulfonamides is 1. The molecule has 0 fully saturated rings. The fourth-order valence-corrected chi connectivity index (χ4v) is 4.88. The number of nitrogens with one attached hydrogen (secondary N) is 1. The molecule has 4 aromatic rings. The molecule has 3 aromatic carbocycles. The number of carbonyl (C=O) groups excluding carboxylic acids is 2. The third-order valence-corrected chi connectivity index (χ3v) is 7.65. The number of hydrogen-bond donors (Lipinski definition) is 1. The van der Waals surface area contributed by atoms with Gasteiger partial charge in [0, 0.05) is 27.9 Å². The minimum absolute atomic E-state index is 0.252. The number of amides is 1. The van der Waals surface area contributed by atoms with Gasteiger partial charge in [0.15, 0.2) is 5.78 Å². The van der Waals surface area contributed by atoms with Gasteiger partial charge in [-0.25, -0.2) is 8.42 Å². The predicted molar refractivity (Wildman–Crippen MR) is 134 cm³/mol. The van der Waals surface area contributed by atoms with Gasteiger partial charge in [-0.1, -0.05) is 41.9 Å². The molecule has 0 aliphatic rings. The van der Waals surface area contributed by atoms with Crippen molar-refractivity contribution in [1.29, 1.82) is 0 Å². The second-order valence-electron chi connectivity index (χ2n) is 7.40. The molecule has 9 heteroatoms. The van der Waals surface area contributed by atoms with Crippen LogP contribution in [0.15, 0.2) is 72.8 Å². The summed E-state index contributed by atoms with van der Waals surface area (Å²) < 4.78 is 25.7. The van der Waals surface area contributed by atoms with Gasteiger partial charge in [0.1, 0.15) is 0 Å². The molecule has 0 saturated heterocycles. The van der Waals surface area contributed by atoms with E-state index in [1.165, 1.54) is 28.8 Å². The van der Waals surface area contributed by atoms with E-state index in [0.717, 1.165) is 16.3 Å². The van der Waals surface area contributed by atoms with Crippen LogP contribution in [0.25, 0.3) is 10.1 Å². The van der Waals surface area contributed by atoms with Crippen molar-refractivity contribution in [1.82, 2.24) is 0 Å². The maximum Gasteiger partial charge on any atom is 0.265 e. The van der Waals surface area contributed by atoms with Gasteiger partial charge in [-0.3, -0.25) is 13.9 Å². The molecule has 0 radical (unpaired) electrons. The van der Waals surface area contributed by atoms with E-state index in [9.17, 15) is 18.0 Å². The monoisotopic (exact) mass is 498 g/mol. The summed E-state index contributed by atoms with van der Waals surface area (Å²) in [6, 6.07) is 20.4. The molecule has 0 bridgehead atoms. The van der Waals surface area contributed by atoms with E-state index >= 15 is 0 Å². The van der Waals surface area contributed by atoms with Crippen molar-refractivity contribution in [2.24, 2.45) is 0 Å². The molecule has 1 heterocycles. The zero-order chi connectivity index (χ0) is 23.8. The average molecular weight is 499 g/mol. The van der Waals surface area contributed by atoms with Gasteiger partial charge < -0.3 is 5.32 Å². The maximum absolute atomic E-state index is 13.0. The summed E-state index contributed by atoms with van der Waals surface area (Å²) in [5, 5.41) is 3.94. The third kappa shape index (κ3) is 4.93. The molecule has 6 nitrogen and oxygen atoms in total. The van der Waals surface area contributed by atoms with Crippen LogP contribution in [0.3, 0.4) is 0 Å². The van der Waals surface area contributed by atoms with Crippen LogP contribution in [0.4, 0.5) is 11.4 Å². The Morgan fingerprint density at radius 3 is 2.39 bits per heavy atom. The summed E-state index contributed by atoms with van der Waals surface area (Å²) >= 11 is 7.39. The lowest BCUT2D eigenvalue weighted by Crippen LogP contribution is -2.24. The van der Waals surface area contributed by atoms with Crippen molar-refractivity contribution >= 4 is 66.1 Å². The highest BCUT2D eigenvalue weighted by atomic mass is 35.5. The summed E-state index contributed by atoms with van der Waals surface area (Å²) in [6.45, 7) is 0. The first kappa shape index (κ1) is 23.0. The van der Waals surface area contributed by atoms with Crippen molar-refractivity contribution in [2.45, 2.75) is 0 Å². The highest BCUT2D eigenvalue weighted by molar-refractivity contribution is 7.92. The van der Waals surface area contributed by atoms with Gasteiger partial charge in [0.05, 0.1) is 22.5 Å². The maximum atomic E-state index is 13.0. The number of thiophene rings is 1. The number of hydrogen-bond acceptors (Lipinski definition) is 5. The van der Waals surface area contributed by atoms with Crippen LogP contribution in [-0.2, 0) is 10.0 Å². The number of fused-ring (bicyclic) bond motifs is 1. The second-order valence-corrected chi connectivity index (χ2v) is 10.9. The molecule has 168 valence electrons. The number of halogens is 1. The zero-order valence-electron chi connectivity index (χ0n) is 17.7. The lowest BCUT2D eigenvalue weighted by Gasteiger charge is -2.16. The van der Waals surface area contributed by atoms with Crippen molar-refractivity contribution < 1.29 is 18.0 Å². The normalized spacial score (nSPS) is 11.4. The first-order valence-corrected chi connectivity index (χ1v) is 12.9. The van der Waals surface area contributed by atoms with Gasteiger partial charge in [-0.15, -0.1) is 11.3 Å². The van der Waals surface area contributed by atoms with Gasteiger partial charge in [-0.05, 0) is 47.9 Å². The molecule has 0 atom stereocenters. The van der Waals surface area contributed by atoms with E-state index in [2.05, 4.69) is 5.32 Å². The Kier molecular flexibility index (Phi) is 6.25. The molecule has 0 spiro atoms. The number of rotatable bonds is 6. The summed E-state index contributed by atoms with van der Waals surface area (Å²) in [6.07, 6.45) is 1.13. The van der Waals surface area contributed by atoms with Crippen LogP contribution >= 0.6 is 22.9 Å². The number of carbonyl (C=O) groups is 2. The van der Waals surface area contributed by atoms with Gasteiger partial charge in [0.2, 0.25) is 10.0 Å². The van der Waals surface area contributed by atoms with Crippen molar-refractivity contribution in [3.8, 4) is 0 Å². The third-order valence-electron chi connectivity index (χ3n) is 5.10. The quantitative estimate of drug-likeness (QED) is 0.359. The van der Waals surface area contributed by atoms with E-state index < -0.39 is 10.0 Å². The molecule has 4 rings (SSSR count). The molecule has 1 aromatic heterocycles. The summed E-state index contributed by atoms with van der Waals surface area (Å²) in [5.74, 6) is -0.628. The van der Waals surface area contributed by atoms with Crippen LogP contribution in [0, 0.1) is 0 Å². The Bertz CT molecular complexity index is 1480. The van der Waals surface area contributed by atoms with E-state index in [1.54, 1.807) is 60.7 Å². The molecular formula is C24H19ClN2O4S2. The Hall–Kier alpha value is -3.20. The first-order valence-electron chi connectivity index (χ1n) is 9.81. The summed E-state index contributed by atoms with van der Waals surface area (Å²) in [5.41, 5.74) is 1.64. The van der Waals surface area contributed by atoms with Gasteiger partial charge >= 0.3 is 0 Å². The number of ketones is 1. The van der Waals surface area contributed by atoms with E-state index in [0.29, 0.717) is 32.4 Å². The molecule has 1 N–H and O–H groups in total. The summed E-state index contributed by atoms with van der Waals surface area (Å²) in [7, 11) is -1.92.